The molecule has 2 aromatic carbocycles. The number of nitrogens with one attached hydrogen (secondary N) is 1. The van der Waals surface area contributed by atoms with Crippen LogP contribution in [0.4, 0.5) is 5.82 Å². The zero-order chi connectivity index (χ0) is 16.2. The van der Waals surface area contributed by atoms with Gasteiger partial charge < -0.3 is 5.32 Å². The van der Waals surface area contributed by atoms with Gasteiger partial charge in [-0.1, -0.05) is 53.2 Å². The van der Waals surface area contributed by atoms with Crippen LogP contribution in [0.2, 0.25) is 0 Å². The number of rotatable bonds is 4. The molecule has 0 atom stereocenters. The molecule has 0 radical (unpaired) electrons. The summed E-state index contributed by atoms with van der Waals surface area (Å²) in [6, 6.07) is 19.6. The third kappa shape index (κ3) is 3.51. The number of aromatic nitrogens is 2. The number of carbonyl (C=O) groups excluding carboxylic acids is 1. The maximum Gasteiger partial charge on any atom is 0.225 e. The molecular weight excluding hydrogens is 354 g/mol. The molecule has 0 aliphatic carbocycles. The lowest BCUT2D eigenvalue weighted by atomic mass is 10.1. The monoisotopic (exact) mass is 369 g/mol. The van der Waals surface area contributed by atoms with Crippen molar-refractivity contribution in [3.8, 4) is 16.9 Å². The molecule has 0 aliphatic heterocycles. The van der Waals surface area contributed by atoms with Crippen LogP contribution in [0, 0.1) is 0 Å². The molecule has 0 fully saturated rings. The molecule has 23 heavy (non-hydrogen) atoms. The summed E-state index contributed by atoms with van der Waals surface area (Å²) in [6.45, 7) is 1.83. The minimum Gasteiger partial charge on any atom is -0.311 e. The molecule has 1 heterocycles. The minimum atomic E-state index is -0.0390. The first-order chi connectivity index (χ1) is 11.2. The maximum atomic E-state index is 11.8. The smallest absolute Gasteiger partial charge is 0.225 e. The molecule has 0 saturated carbocycles. The predicted molar refractivity (Wildman–Crippen MR) is 95.6 cm³/mol. The lowest BCUT2D eigenvalue weighted by Crippen LogP contribution is -2.13. The quantitative estimate of drug-likeness (QED) is 0.727. The molecule has 5 heteroatoms. The van der Waals surface area contributed by atoms with Crippen LogP contribution in [0.5, 0.6) is 0 Å². The Kier molecular flexibility index (Phi) is 4.57. The molecule has 1 N–H and O–H groups in total. The van der Waals surface area contributed by atoms with Gasteiger partial charge in [0, 0.05) is 22.5 Å². The Morgan fingerprint density at radius 3 is 2.48 bits per heavy atom. The number of carbonyl (C=O) groups is 1. The Hall–Kier alpha value is -2.40. The Morgan fingerprint density at radius 2 is 1.83 bits per heavy atom. The van der Waals surface area contributed by atoms with Gasteiger partial charge in [0.05, 0.1) is 11.4 Å². The van der Waals surface area contributed by atoms with E-state index in [-0.39, 0.29) is 5.91 Å². The van der Waals surface area contributed by atoms with Gasteiger partial charge in [-0.3, -0.25) is 4.79 Å². The third-order valence-electron chi connectivity index (χ3n) is 3.44. The van der Waals surface area contributed by atoms with Gasteiger partial charge in [-0.05, 0) is 24.3 Å². The van der Waals surface area contributed by atoms with Crippen molar-refractivity contribution in [1.29, 1.82) is 0 Å². The number of anilines is 1. The second-order valence-electron chi connectivity index (χ2n) is 5.07. The first-order valence-corrected chi connectivity index (χ1v) is 8.18. The van der Waals surface area contributed by atoms with Gasteiger partial charge >= 0.3 is 0 Å². The van der Waals surface area contributed by atoms with Crippen molar-refractivity contribution in [2.45, 2.75) is 13.3 Å². The Labute approximate surface area is 143 Å². The fourth-order valence-corrected chi connectivity index (χ4v) is 2.49. The molecule has 0 saturated heterocycles. The standard InChI is InChI=1S/C18H16BrN3O/c1-2-18(23)20-17-12-16(13-6-4-3-5-7-13)21-22(17)15-10-8-14(19)9-11-15/h3-12H,2H2,1H3,(H,20,23). The van der Waals surface area contributed by atoms with Crippen LogP contribution in [-0.4, -0.2) is 15.7 Å². The van der Waals surface area contributed by atoms with Crippen molar-refractivity contribution < 1.29 is 4.79 Å². The lowest BCUT2D eigenvalue weighted by Gasteiger charge is -2.08. The number of hydrogen-bond donors (Lipinski definition) is 1. The molecule has 0 unspecified atom stereocenters. The van der Waals surface area contributed by atoms with E-state index in [9.17, 15) is 4.79 Å². The van der Waals surface area contributed by atoms with Gasteiger partial charge in [0.2, 0.25) is 5.91 Å². The topological polar surface area (TPSA) is 46.9 Å². The van der Waals surface area contributed by atoms with Gasteiger partial charge in [-0.15, -0.1) is 0 Å². The van der Waals surface area contributed by atoms with E-state index in [2.05, 4.69) is 26.3 Å². The molecule has 0 spiro atoms. The van der Waals surface area contributed by atoms with Crippen LogP contribution < -0.4 is 5.32 Å². The fraction of sp³-hybridized carbons (Fsp3) is 0.111. The highest BCUT2D eigenvalue weighted by Gasteiger charge is 2.13. The summed E-state index contributed by atoms with van der Waals surface area (Å²) >= 11 is 3.43. The van der Waals surface area contributed by atoms with Gasteiger partial charge in [-0.25, -0.2) is 4.68 Å². The van der Waals surface area contributed by atoms with Crippen LogP contribution >= 0.6 is 15.9 Å². The normalized spacial score (nSPS) is 10.5. The average molecular weight is 370 g/mol. The summed E-state index contributed by atoms with van der Waals surface area (Å²) in [4.78, 5) is 11.8. The Balaban J connectivity index is 2.06. The summed E-state index contributed by atoms with van der Waals surface area (Å²) < 4.78 is 2.75. The molecule has 3 aromatic rings. The van der Waals surface area contributed by atoms with E-state index in [0.29, 0.717) is 12.2 Å². The highest BCUT2D eigenvalue weighted by molar-refractivity contribution is 9.10. The molecule has 1 aromatic heterocycles. The average Bonchev–Trinajstić information content (AvgIpc) is 3.00. The Bertz CT molecular complexity index is 810. The van der Waals surface area contributed by atoms with E-state index in [1.165, 1.54) is 0 Å². The van der Waals surface area contributed by atoms with Crippen molar-refractivity contribution in [1.82, 2.24) is 9.78 Å². The van der Waals surface area contributed by atoms with Crippen LogP contribution in [0.15, 0.2) is 65.1 Å². The van der Waals surface area contributed by atoms with E-state index in [1.54, 1.807) is 4.68 Å². The van der Waals surface area contributed by atoms with Crippen LogP contribution in [-0.2, 0) is 4.79 Å². The number of amides is 1. The molecule has 0 aliphatic rings. The minimum absolute atomic E-state index is 0.0390. The first-order valence-electron chi connectivity index (χ1n) is 7.38. The highest BCUT2D eigenvalue weighted by Crippen LogP contribution is 2.25. The first kappa shape index (κ1) is 15.5. The van der Waals surface area contributed by atoms with E-state index in [1.807, 2.05) is 67.6 Å². The molecule has 1 amide bonds. The lowest BCUT2D eigenvalue weighted by molar-refractivity contribution is -0.115. The predicted octanol–water partition coefficient (Wildman–Crippen LogP) is 4.65. The molecule has 116 valence electrons. The Morgan fingerprint density at radius 1 is 1.13 bits per heavy atom. The number of nitrogens with zero attached hydrogens (tertiary/aromatic N) is 2. The van der Waals surface area contributed by atoms with E-state index < -0.39 is 0 Å². The highest BCUT2D eigenvalue weighted by atomic mass is 79.9. The van der Waals surface area contributed by atoms with Crippen LogP contribution in [0.3, 0.4) is 0 Å². The van der Waals surface area contributed by atoms with Crippen LogP contribution in [0.1, 0.15) is 13.3 Å². The van der Waals surface area contributed by atoms with Crippen molar-refractivity contribution in [2.75, 3.05) is 5.32 Å². The number of benzene rings is 2. The second-order valence-corrected chi connectivity index (χ2v) is 5.99. The summed E-state index contributed by atoms with van der Waals surface area (Å²) in [5.74, 6) is 0.626. The van der Waals surface area contributed by atoms with Crippen molar-refractivity contribution in [3.63, 3.8) is 0 Å². The van der Waals surface area contributed by atoms with Gasteiger partial charge in [-0.2, -0.15) is 5.10 Å². The van der Waals surface area contributed by atoms with Gasteiger partial charge in [0.25, 0.3) is 0 Å². The summed E-state index contributed by atoms with van der Waals surface area (Å²) in [5, 5.41) is 7.57. The third-order valence-corrected chi connectivity index (χ3v) is 3.97. The summed E-state index contributed by atoms with van der Waals surface area (Å²) in [5.41, 5.74) is 2.72. The van der Waals surface area contributed by atoms with Gasteiger partial charge in [0.15, 0.2) is 0 Å². The largest absolute Gasteiger partial charge is 0.311 e. The van der Waals surface area contributed by atoms with E-state index in [4.69, 9.17) is 0 Å². The number of hydrogen-bond acceptors (Lipinski definition) is 2. The van der Waals surface area contributed by atoms with Crippen LogP contribution in [0.25, 0.3) is 16.9 Å². The summed E-state index contributed by atoms with van der Waals surface area (Å²) in [6.07, 6.45) is 0.423. The van der Waals surface area contributed by atoms with Crippen molar-refractivity contribution in [3.05, 3.63) is 65.1 Å². The zero-order valence-corrected chi connectivity index (χ0v) is 14.2. The van der Waals surface area contributed by atoms with E-state index in [0.717, 1.165) is 21.4 Å². The molecular formula is C18H16BrN3O. The second kappa shape index (κ2) is 6.79. The summed E-state index contributed by atoms with van der Waals surface area (Å²) in [7, 11) is 0. The maximum absolute atomic E-state index is 11.8. The van der Waals surface area contributed by atoms with Crippen molar-refractivity contribution >= 4 is 27.7 Å². The molecule has 4 nitrogen and oxygen atoms in total. The fourth-order valence-electron chi connectivity index (χ4n) is 2.23. The van der Waals surface area contributed by atoms with Crippen molar-refractivity contribution in [2.24, 2.45) is 0 Å². The van der Waals surface area contributed by atoms with E-state index >= 15 is 0 Å². The molecule has 3 rings (SSSR count). The zero-order valence-electron chi connectivity index (χ0n) is 12.7. The molecule has 0 bridgehead atoms. The number of halogens is 1. The SMILES string of the molecule is CCC(=O)Nc1cc(-c2ccccc2)nn1-c1ccc(Br)cc1. The van der Waals surface area contributed by atoms with Gasteiger partial charge in [0.1, 0.15) is 5.82 Å².